The van der Waals surface area contributed by atoms with Gasteiger partial charge in [0.1, 0.15) is 0 Å². The van der Waals surface area contributed by atoms with Crippen LogP contribution in [0, 0.1) is 0 Å². The molecular weight excluding hydrogens is 260 g/mol. The van der Waals surface area contributed by atoms with Crippen molar-refractivity contribution in [2.45, 2.75) is 0 Å². The maximum Gasteiger partial charge on any atom is 0.265 e. The van der Waals surface area contributed by atoms with E-state index in [4.69, 9.17) is 11.7 Å². The smallest absolute Gasteiger partial charge is 0.265 e. The van der Waals surface area contributed by atoms with Crippen LogP contribution in [0.1, 0.15) is 20.7 Å². The van der Waals surface area contributed by atoms with E-state index < -0.39 is 0 Å². The zero-order valence-electron chi connectivity index (χ0n) is 10.5. The Balaban J connectivity index is 0.000000200. The van der Waals surface area contributed by atoms with Crippen LogP contribution in [0.25, 0.3) is 0 Å². The number of hydrogen-bond donors (Lipinski definition) is 4. The first-order chi connectivity index (χ1) is 9.69. The lowest BCUT2D eigenvalue weighted by atomic mass is 10.3. The number of pyridine rings is 2. The second-order valence-electron chi connectivity index (χ2n) is 3.42. The number of carbonyl (C=O) groups is 2. The van der Waals surface area contributed by atoms with Crippen molar-refractivity contribution in [1.82, 2.24) is 20.8 Å². The lowest BCUT2D eigenvalue weighted by Crippen LogP contribution is -2.29. The fourth-order valence-electron chi connectivity index (χ4n) is 1.17. The number of carbonyl (C=O) groups excluding carboxylic acids is 2. The average molecular weight is 274 g/mol. The van der Waals surface area contributed by atoms with Crippen LogP contribution in [0.4, 0.5) is 0 Å². The highest BCUT2D eigenvalue weighted by Gasteiger charge is 1.99. The topological polar surface area (TPSA) is 136 Å². The molecule has 0 aromatic carbocycles. The number of hydrazine groups is 2. The largest absolute Gasteiger partial charge is 0.290 e. The first-order valence-electron chi connectivity index (χ1n) is 5.51. The molecule has 2 amide bonds. The maximum absolute atomic E-state index is 10.7. The number of amides is 2. The van der Waals surface area contributed by atoms with Gasteiger partial charge in [0.25, 0.3) is 11.8 Å². The lowest BCUT2D eigenvalue weighted by molar-refractivity contribution is 0.0945. The zero-order chi connectivity index (χ0) is 14.8. The highest BCUT2D eigenvalue weighted by atomic mass is 16.2. The van der Waals surface area contributed by atoms with E-state index in [0.717, 1.165) is 0 Å². The molecule has 0 fully saturated rings. The Bertz CT molecular complexity index is 495. The predicted molar refractivity (Wildman–Crippen MR) is 71.8 cm³/mol. The summed E-state index contributed by atoms with van der Waals surface area (Å²) in [5.41, 5.74) is 5.05. The van der Waals surface area contributed by atoms with Gasteiger partial charge in [0.15, 0.2) is 0 Å². The molecular formula is C12H14N6O2. The number of nitrogens with two attached hydrogens (primary N) is 2. The third kappa shape index (κ3) is 4.80. The standard InChI is InChI=1S/2C6H7N3O/c2*7-9-6(10)5-1-3-8-4-2-5/h2*1-4H,7H2,(H,9,10). The summed E-state index contributed by atoms with van der Waals surface area (Å²) in [6.07, 6.45) is 6.13. The van der Waals surface area contributed by atoms with Gasteiger partial charge in [0.2, 0.25) is 0 Å². The van der Waals surface area contributed by atoms with Gasteiger partial charge in [-0.2, -0.15) is 0 Å². The minimum absolute atomic E-state index is 0.303. The van der Waals surface area contributed by atoms with Crippen LogP contribution in [0.2, 0.25) is 0 Å². The number of aromatic nitrogens is 2. The Kier molecular flexibility index (Phi) is 6.31. The van der Waals surface area contributed by atoms with Gasteiger partial charge in [-0.25, -0.2) is 11.7 Å². The van der Waals surface area contributed by atoms with Crippen molar-refractivity contribution in [3.8, 4) is 0 Å². The minimum atomic E-state index is -0.303. The Morgan fingerprint density at radius 3 is 1.30 bits per heavy atom. The van der Waals surface area contributed by atoms with Crippen LogP contribution in [0.3, 0.4) is 0 Å². The third-order valence-electron chi connectivity index (χ3n) is 2.15. The fraction of sp³-hybridized carbons (Fsp3) is 0. The number of hydrogen-bond acceptors (Lipinski definition) is 6. The summed E-state index contributed by atoms with van der Waals surface area (Å²) in [5.74, 6) is 9.16. The molecule has 6 N–H and O–H groups in total. The second kappa shape index (κ2) is 8.29. The van der Waals surface area contributed by atoms with Crippen molar-refractivity contribution in [3.63, 3.8) is 0 Å². The quantitative estimate of drug-likeness (QED) is 0.327. The van der Waals surface area contributed by atoms with Crippen LogP contribution in [0.15, 0.2) is 49.1 Å². The van der Waals surface area contributed by atoms with Gasteiger partial charge in [-0.3, -0.25) is 30.4 Å². The fourth-order valence-corrected chi connectivity index (χ4v) is 1.17. The van der Waals surface area contributed by atoms with E-state index in [9.17, 15) is 9.59 Å². The molecule has 2 heterocycles. The second-order valence-corrected chi connectivity index (χ2v) is 3.42. The average Bonchev–Trinajstić information content (AvgIpc) is 2.55. The van der Waals surface area contributed by atoms with E-state index in [1.165, 1.54) is 24.8 Å². The molecule has 0 saturated heterocycles. The normalized spacial score (nSPS) is 8.90. The van der Waals surface area contributed by atoms with Gasteiger partial charge in [-0.05, 0) is 24.3 Å². The van der Waals surface area contributed by atoms with Crippen LogP contribution in [0.5, 0.6) is 0 Å². The third-order valence-corrected chi connectivity index (χ3v) is 2.15. The van der Waals surface area contributed by atoms with Gasteiger partial charge in [-0.1, -0.05) is 0 Å². The van der Waals surface area contributed by atoms with Gasteiger partial charge < -0.3 is 0 Å². The molecule has 8 nitrogen and oxygen atoms in total. The van der Waals surface area contributed by atoms with Crippen molar-refractivity contribution in [1.29, 1.82) is 0 Å². The molecule has 0 bridgehead atoms. The Labute approximate surface area is 115 Å². The molecule has 8 heteroatoms. The summed E-state index contributed by atoms with van der Waals surface area (Å²) in [7, 11) is 0. The van der Waals surface area contributed by atoms with Gasteiger partial charge in [-0.15, -0.1) is 0 Å². The number of nitrogens with zero attached hydrogens (tertiary/aromatic N) is 2. The predicted octanol–water partition coefficient (Wildman–Crippen LogP) is -0.630. The molecule has 0 aliphatic carbocycles. The molecule has 0 saturated carbocycles. The monoisotopic (exact) mass is 274 g/mol. The van der Waals surface area contributed by atoms with E-state index >= 15 is 0 Å². The van der Waals surface area contributed by atoms with Crippen LogP contribution >= 0.6 is 0 Å². The maximum atomic E-state index is 10.7. The minimum Gasteiger partial charge on any atom is -0.290 e. The molecule has 0 atom stereocenters. The summed E-state index contributed by atoms with van der Waals surface area (Å²) in [6.45, 7) is 0. The van der Waals surface area contributed by atoms with E-state index in [1.807, 2.05) is 10.9 Å². The summed E-state index contributed by atoms with van der Waals surface area (Å²) < 4.78 is 0. The summed E-state index contributed by atoms with van der Waals surface area (Å²) >= 11 is 0. The van der Waals surface area contributed by atoms with Gasteiger partial charge in [0, 0.05) is 35.9 Å². The first kappa shape index (κ1) is 15.2. The van der Waals surface area contributed by atoms with Crippen molar-refractivity contribution in [2.24, 2.45) is 11.7 Å². The van der Waals surface area contributed by atoms with Crippen molar-refractivity contribution < 1.29 is 9.59 Å². The van der Waals surface area contributed by atoms with Gasteiger partial charge in [0.05, 0.1) is 0 Å². The molecule has 0 aliphatic rings. The summed E-state index contributed by atoms with van der Waals surface area (Å²) in [6, 6.07) is 6.34. The summed E-state index contributed by atoms with van der Waals surface area (Å²) in [4.78, 5) is 29.0. The Morgan fingerprint density at radius 2 is 1.05 bits per heavy atom. The van der Waals surface area contributed by atoms with E-state index in [0.29, 0.717) is 11.1 Å². The zero-order valence-corrected chi connectivity index (χ0v) is 10.5. The van der Waals surface area contributed by atoms with Crippen molar-refractivity contribution in [3.05, 3.63) is 60.2 Å². The Morgan fingerprint density at radius 1 is 0.750 bits per heavy atom. The first-order valence-corrected chi connectivity index (χ1v) is 5.51. The van der Waals surface area contributed by atoms with Crippen molar-refractivity contribution >= 4 is 11.8 Å². The van der Waals surface area contributed by atoms with Crippen LogP contribution in [-0.4, -0.2) is 21.8 Å². The van der Waals surface area contributed by atoms with Crippen molar-refractivity contribution in [2.75, 3.05) is 0 Å². The number of rotatable bonds is 2. The molecule has 20 heavy (non-hydrogen) atoms. The van der Waals surface area contributed by atoms with E-state index in [-0.39, 0.29) is 11.8 Å². The van der Waals surface area contributed by atoms with Crippen LogP contribution in [-0.2, 0) is 0 Å². The molecule has 2 aromatic heterocycles. The summed E-state index contributed by atoms with van der Waals surface area (Å²) in [5, 5.41) is 0. The molecule has 104 valence electrons. The molecule has 0 spiro atoms. The molecule has 0 radical (unpaired) electrons. The SMILES string of the molecule is NNC(=O)c1ccncc1.NNC(=O)c1ccncc1. The number of nitrogen functional groups attached to an aromatic ring is 2. The molecule has 0 unspecified atom stereocenters. The highest BCUT2D eigenvalue weighted by Crippen LogP contribution is 1.94. The van der Waals surface area contributed by atoms with Gasteiger partial charge >= 0.3 is 0 Å². The van der Waals surface area contributed by atoms with Crippen LogP contribution < -0.4 is 22.5 Å². The molecule has 2 rings (SSSR count). The lowest BCUT2D eigenvalue weighted by Gasteiger charge is -1.95. The number of nitrogens with one attached hydrogen (secondary N) is 2. The molecule has 2 aromatic rings. The van der Waals surface area contributed by atoms with E-state index in [2.05, 4.69) is 9.97 Å². The molecule has 0 aliphatic heterocycles. The highest BCUT2D eigenvalue weighted by molar-refractivity contribution is 5.93. The Hall–Kier alpha value is -2.84. The van der Waals surface area contributed by atoms with E-state index in [1.54, 1.807) is 24.3 Å².